The molecule has 0 radical (unpaired) electrons. The Morgan fingerprint density at radius 2 is 1.90 bits per heavy atom. The summed E-state index contributed by atoms with van der Waals surface area (Å²) >= 11 is 0. The number of carbonyl (C=O) groups is 2. The number of methoxy groups -OCH3 is 1. The Morgan fingerprint density at radius 1 is 1.12 bits per heavy atom. The molecule has 8 aliphatic rings. The summed E-state index contributed by atoms with van der Waals surface area (Å²) in [5.74, 6) is -3.89. The standard InChI is InChI=1S/C30H38O11/c1-13-7-20(36-4)30(35)25(38-13)39-17-9-15-10-19-29(41-19)23(26(15,2)11-18(17)40-30)22(32)24(33)27(3)16(5-6-28(27,29)34)14-8-21(31)37-12-14/h8-9,13,16-20,22-23,25,32,34-35H,5-7,10-12H2,1-4H3/t13-,16-,17-,18-,19+,20-,22+,23+,25+,26+,27+,28-,29+,30+/m1/s1. The Hall–Kier alpha value is -1.70. The molecule has 3 saturated carbocycles. The second-order valence-electron chi connectivity index (χ2n) is 13.9. The van der Waals surface area contributed by atoms with E-state index in [0.29, 0.717) is 37.7 Å². The molecule has 1 spiro atoms. The van der Waals surface area contributed by atoms with Gasteiger partial charge in [-0.15, -0.1) is 0 Å². The lowest BCUT2D eigenvalue weighted by Gasteiger charge is -2.62. The molecule has 0 aromatic heterocycles. The molecule has 0 aromatic rings. The molecule has 0 bridgehead atoms. The molecule has 0 unspecified atom stereocenters. The van der Waals surface area contributed by atoms with Gasteiger partial charge in [0, 0.05) is 25.5 Å². The van der Waals surface area contributed by atoms with Crippen LogP contribution in [0.25, 0.3) is 0 Å². The molecule has 14 atom stereocenters. The third-order valence-electron chi connectivity index (χ3n) is 12.2. The summed E-state index contributed by atoms with van der Waals surface area (Å²) in [4.78, 5) is 26.2. The third-order valence-corrected chi connectivity index (χ3v) is 12.2. The van der Waals surface area contributed by atoms with E-state index in [1.54, 1.807) is 6.92 Å². The molecule has 8 rings (SSSR count). The minimum absolute atomic E-state index is 0.0825. The molecule has 3 N–H and O–H groups in total. The first-order valence-electron chi connectivity index (χ1n) is 14.8. The largest absolute Gasteiger partial charge is 0.458 e. The van der Waals surface area contributed by atoms with Gasteiger partial charge in [0.2, 0.25) is 12.1 Å². The topological polar surface area (TPSA) is 154 Å². The van der Waals surface area contributed by atoms with Gasteiger partial charge >= 0.3 is 5.97 Å². The Balaban J connectivity index is 1.18. The van der Waals surface area contributed by atoms with Gasteiger partial charge < -0.3 is 43.7 Å². The number of ketones is 1. The summed E-state index contributed by atoms with van der Waals surface area (Å²) in [5, 5.41) is 36.1. The number of epoxide rings is 1. The summed E-state index contributed by atoms with van der Waals surface area (Å²) in [6, 6.07) is 0. The average molecular weight is 575 g/mol. The summed E-state index contributed by atoms with van der Waals surface area (Å²) in [7, 11) is 1.52. The number of carbonyl (C=O) groups excluding carboxylic acids is 2. The predicted molar refractivity (Wildman–Crippen MR) is 137 cm³/mol. The van der Waals surface area contributed by atoms with Crippen LogP contribution in [-0.2, 0) is 38.0 Å². The molecule has 0 amide bonds. The van der Waals surface area contributed by atoms with E-state index in [9.17, 15) is 24.9 Å². The fourth-order valence-corrected chi connectivity index (χ4v) is 10.2. The van der Waals surface area contributed by atoms with Crippen molar-refractivity contribution in [2.75, 3.05) is 13.7 Å². The van der Waals surface area contributed by atoms with Gasteiger partial charge in [-0.25, -0.2) is 4.79 Å². The van der Waals surface area contributed by atoms with Crippen LogP contribution in [0, 0.1) is 22.7 Å². The summed E-state index contributed by atoms with van der Waals surface area (Å²) in [6.45, 7) is 5.69. The third kappa shape index (κ3) is 2.97. The molecule has 224 valence electrons. The quantitative estimate of drug-likeness (QED) is 0.242. The van der Waals surface area contributed by atoms with Crippen molar-refractivity contribution in [1.82, 2.24) is 0 Å². The van der Waals surface area contributed by atoms with Crippen LogP contribution in [0.1, 0.15) is 52.9 Å². The maximum absolute atomic E-state index is 14.3. The highest BCUT2D eigenvalue weighted by atomic mass is 16.8. The van der Waals surface area contributed by atoms with Crippen molar-refractivity contribution >= 4 is 11.8 Å². The first-order valence-corrected chi connectivity index (χ1v) is 14.8. The van der Waals surface area contributed by atoms with Crippen molar-refractivity contribution in [2.45, 2.75) is 113 Å². The van der Waals surface area contributed by atoms with Gasteiger partial charge in [-0.3, -0.25) is 4.79 Å². The van der Waals surface area contributed by atoms with Gasteiger partial charge in [-0.2, -0.15) is 0 Å². The number of cyclic esters (lactones) is 1. The normalized spacial score (nSPS) is 58.6. The lowest BCUT2D eigenvalue weighted by Crippen LogP contribution is -2.75. The van der Waals surface area contributed by atoms with Gasteiger partial charge in [0.05, 0.1) is 23.7 Å². The lowest BCUT2D eigenvalue weighted by molar-refractivity contribution is -0.450. The van der Waals surface area contributed by atoms with E-state index in [-0.39, 0.29) is 18.8 Å². The van der Waals surface area contributed by atoms with Crippen molar-refractivity contribution in [1.29, 1.82) is 0 Å². The second-order valence-corrected chi connectivity index (χ2v) is 13.9. The molecule has 41 heavy (non-hydrogen) atoms. The van der Waals surface area contributed by atoms with E-state index < -0.39 is 82.1 Å². The minimum atomic E-state index is -1.82. The number of ether oxygens (including phenoxy) is 6. The Morgan fingerprint density at radius 3 is 2.61 bits per heavy atom. The van der Waals surface area contributed by atoms with Crippen molar-refractivity contribution in [3.8, 4) is 0 Å². The van der Waals surface area contributed by atoms with Crippen LogP contribution < -0.4 is 0 Å². The average Bonchev–Trinajstić information content (AvgIpc) is 3.36. The van der Waals surface area contributed by atoms with E-state index in [1.165, 1.54) is 13.2 Å². The van der Waals surface area contributed by atoms with Crippen LogP contribution in [0.15, 0.2) is 23.3 Å². The zero-order chi connectivity index (χ0) is 28.9. The number of esters is 1. The SMILES string of the molecule is CO[C@@H]1C[C@@H](C)O[C@H]2O[C@@H]3C=C4C[C@@H]5O[C@]56[C@@H]([C@H](O)C(=O)[C@]5(C)[C@@H](C7=CC(=O)OC7)CC[C@]65O)[C@@]4(C)C[C@H]3O[C@]21O. The highest BCUT2D eigenvalue weighted by Crippen LogP contribution is 2.76. The van der Waals surface area contributed by atoms with Gasteiger partial charge in [-0.05, 0) is 56.4 Å². The summed E-state index contributed by atoms with van der Waals surface area (Å²) < 4.78 is 35.8. The van der Waals surface area contributed by atoms with E-state index >= 15 is 0 Å². The van der Waals surface area contributed by atoms with E-state index in [2.05, 4.69) is 0 Å². The van der Waals surface area contributed by atoms with E-state index in [1.807, 2.05) is 19.9 Å². The molecular weight excluding hydrogens is 536 g/mol. The molecular formula is C30H38O11. The van der Waals surface area contributed by atoms with E-state index in [0.717, 1.165) is 5.57 Å². The van der Waals surface area contributed by atoms with Crippen LogP contribution in [0.2, 0.25) is 0 Å². The number of aliphatic hydroxyl groups is 3. The zero-order valence-corrected chi connectivity index (χ0v) is 23.7. The van der Waals surface area contributed by atoms with Gasteiger partial charge in [0.25, 0.3) is 0 Å². The molecule has 4 aliphatic heterocycles. The van der Waals surface area contributed by atoms with Gasteiger partial charge in [0.15, 0.2) is 5.78 Å². The monoisotopic (exact) mass is 574 g/mol. The van der Waals surface area contributed by atoms with Crippen molar-refractivity contribution in [2.24, 2.45) is 22.7 Å². The molecule has 11 heteroatoms. The molecule has 0 aromatic carbocycles. The van der Waals surface area contributed by atoms with Gasteiger partial charge in [0.1, 0.15) is 36.1 Å². The van der Waals surface area contributed by atoms with E-state index in [4.69, 9.17) is 28.4 Å². The molecule has 4 aliphatic carbocycles. The molecule has 3 saturated heterocycles. The predicted octanol–water partition coefficient (Wildman–Crippen LogP) is 0.677. The number of aliphatic hydroxyl groups excluding tert-OH is 1. The maximum atomic E-state index is 14.3. The summed E-state index contributed by atoms with van der Waals surface area (Å²) in [5.41, 5.74) is -3.16. The van der Waals surface area contributed by atoms with Crippen molar-refractivity contribution < 1.29 is 53.3 Å². The lowest BCUT2D eigenvalue weighted by atomic mass is 9.43. The van der Waals surface area contributed by atoms with Crippen molar-refractivity contribution in [3.05, 3.63) is 23.3 Å². The summed E-state index contributed by atoms with van der Waals surface area (Å²) in [6.07, 6.45) is 0.648. The highest BCUT2D eigenvalue weighted by molar-refractivity contribution is 5.94. The number of Topliss-reactive ketones (excluding diaryl/α,β-unsaturated/α-hetero) is 1. The Labute approximate surface area is 237 Å². The number of fused-ring (bicyclic) bond motifs is 5. The Kier molecular flexibility index (Phi) is 5.29. The minimum Gasteiger partial charge on any atom is -0.458 e. The van der Waals surface area contributed by atoms with Gasteiger partial charge in [-0.1, -0.05) is 18.6 Å². The first kappa shape index (κ1) is 26.9. The fourth-order valence-electron chi connectivity index (χ4n) is 10.2. The molecule has 4 heterocycles. The fraction of sp³-hybridized carbons (Fsp3) is 0.800. The smallest absolute Gasteiger partial charge is 0.331 e. The van der Waals surface area contributed by atoms with Crippen LogP contribution in [0.3, 0.4) is 0 Å². The Bertz CT molecular complexity index is 1290. The molecule has 11 nitrogen and oxygen atoms in total. The maximum Gasteiger partial charge on any atom is 0.331 e. The number of rotatable bonds is 2. The molecule has 6 fully saturated rings. The van der Waals surface area contributed by atoms with Crippen molar-refractivity contribution in [3.63, 3.8) is 0 Å². The zero-order valence-electron chi connectivity index (χ0n) is 23.7. The van der Waals surface area contributed by atoms with Crippen LogP contribution in [-0.4, -0.2) is 101 Å². The number of hydrogen-bond acceptors (Lipinski definition) is 11. The van der Waals surface area contributed by atoms with Crippen LogP contribution >= 0.6 is 0 Å². The van der Waals surface area contributed by atoms with Crippen LogP contribution in [0.5, 0.6) is 0 Å². The number of hydrogen-bond donors (Lipinski definition) is 3. The first-order chi connectivity index (χ1) is 19.3. The highest BCUT2D eigenvalue weighted by Gasteiger charge is 2.88. The second kappa shape index (κ2) is 8.06. The van der Waals surface area contributed by atoms with Crippen LogP contribution in [0.4, 0.5) is 0 Å².